The van der Waals surface area contributed by atoms with Gasteiger partial charge in [0.25, 0.3) is 0 Å². The summed E-state index contributed by atoms with van der Waals surface area (Å²) in [6, 6.07) is 18.1. The molecular formula is C26H24N6O. The number of fused-ring (bicyclic) bond motifs is 2. The number of aromatic hydroxyl groups is 1. The van der Waals surface area contributed by atoms with E-state index in [1.54, 1.807) is 0 Å². The predicted molar refractivity (Wildman–Crippen MR) is 130 cm³/mol. The number of H-pyrrole nitrogens is 1. The second-order valence-corrected chi connectivity index (χ2v) is 8.60. The quantitative estimate of drug-likeness (QED) is 0.517. The Morgan fingerprint density at radius 2 is 1.82 bits per heavy atom. The van der Waals surface area contributed by atoms with Crippen molar-refractivity contribution in [1.82, 2.24) is 14.9 Å². The smallest absolute Gasteiger partial charge is 0.196 e. The van der Waals surface area contributed by atoms with Crippen LogP contribution in [0.4, 0.5) is 11.5 Å². The number of aromatic amines is 1. The van der Waals surface area contributed by atoms with Gasteiger partial charge < -0.3 is 19.9 Å². The molecule has 0 radical (unpaired) electrons. The van der Waals surface area contributed by atoms with E-state index in [4.69, 9.17) is 4.98 Å². The summed E-state index contributed by atoms with van der Waals surface area (Å²) in [6.45, 7) is 4.09. The van der Waals surface area contributed by atoms with Crippen LogP contribution < -0.4 is 15.3 Å². The number of piperazine rings is 1. The van der Waals surface area contributed by atoms with Gasteiger partial charge in [-0.05, 0) is 48.7 Å². The average Bonchev–Trinajstić information content (AvgIpc) is 3.40. The zero-order valence-electron chi connectivity index (χ0n) is 18.4. The fourth-order valence-electron chi connectivity index (χ4n) is 4.50. The molecule has 164 valence electrons. The van der Waals surface area contributed by atoms with E-state index in [9.17, 15) is 5.11 Å². The van der Waals surface area contributed by atoms with Crippen LogP contribution in [-0.4, -0.2) is 53.2 Å². The van der Waals surface area contributed by atoms with E-state index in [1.807, 2.05) is 54.7 Å². The molecule has 0 bridgehead atoms. The molecular weight excluding hydrogens is 412 g/mol. The molecule has 0 atom stereocenters. The van der Waals surface area contributed by atoms with Crippen LogP contribution in [0.1, 0.15) is 11.1 Å². The highest BCUT2D eigenvalue weighted by Crippen LogP contribution is 2.28. The minimum absolute atomic E-state index is 0.164. The van der Waals surface area contributed by atoms with Crippen LogP contribution in [-0.2, 0) is 0 Å². The van der Waals surface area contributed by atoms with Crippen LogP contribution >= 0.6 is 0 Å². The van der Waals surface area contributed by atoms with Gasteiger partial charge in [-0.3, -0.25) is 0 Å². The van der Waals surface area contributed by atoms with Gasteiger partial charge in [0.05, 0.1) is 5.69 Å². The number of aromatic nitrogens is 2. The van der Waals surface area contributed by atoms with Crippen LogP contribution in [0.3, 0.4) is 0 Å². The number of benzene rings is 2. The maximum atomic E-state index is 10.4. The summed E-state index contributed by atoms with van der Waals surface area (Å²) < 4.78 is 0. The lowest BCUT2D eigenvalue weighted by molar-refractivity contribution is 0.312. The summed E-state index contributed by atoms with van der Waals surface area (Å²) in [5.41, 5.74) is 4.30. The molecule has 2 aromatic carbocycles. The predicted octanol–water partition coefficient (Wildman–Crippen LogP) is 3.10. The highest BCUT2D eigenvalue weighted by atomic mass is 16.3. The molecule has 2 N–H and O–H groups in total. The summed E-state index contributed by atoms with van der Waals surface area (Å²) >= 11 is 0. The molecule has 6 rings (SSSR count). The van der Waals surface area contributed by atoms with E-state index >= 15 is 0 Å². The van der Waals surface area contributed by atoms with E-state index in [0.717, 1.165) is 75.8 Å². The molecule has 2 aromatic heterocycles. The molecule has 2 aliphatic rings. The van der Waals surface area contributed by atoms with E-state index in [2.05, 4.69) is 44.2 Å². The van der Waals surface area contributed by atoms with Crippen LogP contribution in [0, 0.1) is 0 Å². The fraction of sp³-hybridized carbons (Fsp3) is 0.192. The van der Waals surface area contributed by atoms with Gasteiger partial charge in [-0.25, -0.2) is 4.98 Å². The number of hydrogen-bond donors (Lipinski definition) is 2. The number of rotatable bonds is 3. The summed E-state index contributed by atoms with van der Waals surface area (Å²) in [5, 5.41) is 22.1. The zero-order valence-corrected chi connectivity index (χ0v) is 18.4. The third-order valence-corrected chi connectivity index (χ3v) is 6.42. The second kappa shape index (κ2) is 7.86. The number of nitrogens with one attached hydrogen (secondary N) is 1. The Morgan fingerprint density at radius 1 is 0.970 bits per heavy atom. The van der Waals surface area contributed by atoms with Gasteiger partial charge in [0.2, 0.25) is 0 Å². The Balaban J connectivity index is 1.33. The first-order valence-corrected chi connectivity index (χ1v) is 11.1. The average molecular weight is 437 g/mol. The first-order chi connectivity index (χ1) is 16.2. The third kappa shape index (κ3) is 3.56. The van der Waals surface area contributed by atoms with E-state index in [1.165, 1.54) is 0 Å². The highest BCUT2D eigenvalue weighted by Gasteiger charge is 2.17. The minimum Gasteiger partial charge on any atom is -0.494 e. The lowest BCUT2D eigenvalue weighted by Crippen LogP contribution is -2.44. The monoisotopic (exact) mass is 436 g/mol. The van der Waals surface area contributed by atoms with E-state index in [0.29, 0.717) is 0 Å². The van der Waals surface area contributed by atoms with Crippen LogP contribution in [0.2, 0.25) is 0 Å². The van der Waals surface area contributed by atoms with Crippen molar-refractivity contribution >= 4 is 34.2 Å². The molecule has 0 unspecified atom stereocenters. The van der Waals surface area contributed by atoms with Crippen molar-refractivity contribution in [3.05, 3.63) is 82.4 Å². The molecule has 0 saturated carbocycles. The highest BCUT2D eigenvalue weighted by molar-refractivity contribution is 5.91. The van der Waals surface area contributed by atoms with Crippen molar-refractivity contribution in [3.8, 4) is 5.88 Å². The summed E-state index contributed by atoms with van der Waals surface area (Å²) in [5.74, 6) is 1.17. The zero-order chi connectivity index (χ0) is 22.4. The number of azo groups is 1. The number of para-hydroxylation sites is 1. The molecule has 1 fully saturated rings. The Labute approximate surface area is 191 Å². The van der Waals surface area contributed by atoms with Gasteiger partial charge in [-0.15, -0.1) is 10.2 Å². The molecule has 2 aliphatic heterocycles. The molecule has 4 aromatic rings. The first kappa shape index (κ1) is 19.7. The number of likely N-dealkylation sites (N-methyl/N-ethyl adjacent to an activating group) is 1. The summed E-state index contributed by atoms with van der Waals surface area (Å²) in [7, 11) is 2.15. The molecule has 1 saturated heterocycles. The topological polar surface area (TPSA) is 80.1 Å². The van der Waals surface area contributed by atoms with Crippen molar-refractivity contribution in [2.45, 2.75) is 0 Å². The second-order valence-electron chi connectivity index (χ2n) is 8.60. The number of pyridine rings is 1. The van der Waals surface area contributed by atoms with Gasteiger partial charge in [-0.2, -0.15) is 0 Å². The summed E-state index contributed by atoms with van der Waals surface area (Å²) in [6.07, 6.45) is 3.86. The molecule has 0 spiro atoms. The normalized spacial score (nSPS) is 16.7. The third-order valence-electron chi connectivity index (χ3n) is 6.42. The summed E-state index contributed by atoms with van der Waals surface area (Å²) in [4.78, 5) is 12.4. The largest absolute Gasteiger partial charge is 0.494 e. The standard InChI is InChI=1S/C26H24N6O/c1-31-10-12-32(13-11-31)24-9-7-18(16-27-24)25-20-8-6-17(15-23(20)29-30-25)14-21-19-4-2-3-5-22(19)28-26(21)33/h2-9,14-16,28,33H,10-13H2,1H3/b17-14+. The molecule has 0 amide bonds. The maximum Gasteiger partial charge on any atom is 0.196 e. The van der Waals surface area contributed by atoms with Gasteiger partial charge >= 0.3 is 0 Å². The molecule has 33 heavy (non-hydrogen) atoms. The number of hydrogen-bond acceptors (Lipinski definition) is 6. The molecule has 7 nitrogen and oxygen atoms in total. The van der Waals surface area contributed by atoms with E-state index in [-0.39, 0.29) is 5.88 Å². The lowest BCUT2D eigenvalue weighted by atomic mass is 10.1. The van der Waals surface area contributed by atoms with E-state index < -0.39 is 0 Å². The first-order valence-electron chi connectivity index (χ1n) is 11.1. The van der Waals surface area contributed by atoms with Crippen LogP contribution in [0.5, 0.6) is 5.88 Å². The molecule has 7 heteroatoms. The van der Waals surface area contributed by atoms with Crippen molar-refractivity contribution < 1.29 is 5.11 Å². The Kier molecular flexibility index (Phi) is 4.69. The van der Waals surface area contributed by atoms with Crippen LogP contribution in [0.15, 0.2) is 71.0 Å². The number of nitrogens with zero attached hydrogens (tertiary/aromatic N) is 5. The van der Waals surface area contributed by atoms with Gasteiger partial charge in [-0.1, -0.05) is 24.3 Å². The van der Waals surface area contributed by atoms with Gasteiger partial charge in [0, 0.05) is 59.6 Å². The Hall–Kier alpha value is -3.97. The molecule has 0 aliphatic carbocycles. The lowest BCUT2D eigenvalue weighted by Gasteiger charge is -2.33. The van der Waals surface area contributed by atoms with Crippen molar-refractivity contribution in [3.63, 3.8) is 0 Å². The van der Waals surface area contributed by atoms with Crippen LogP contribution in [0.25, 0.3) is 22.7 Å². The SMILES string of the molecule is CN1CCN(c2ccc(C3=c4cc/c(=C\c5c(O)[nH]c6ccccc56)cc4N=N3)cn2)CC1. The fourth-order valence-corrected chi connectivity index (χ4v) is 4.50. The Bertz CT molecular complexity index is 1490. The van der Waals surface area contributed by atoms with Gasteiger partial charge in [0.15, 0.2) is 5.88 Å². The van der Waals surface area contributed by atoms with Crippen molar-refractivity contribution in [2.75, 3.05) is 38.1 Å². The van der Waals surface area contributed by atoms with Gasteiger partial charge in [0.1, 0.15) is 11.5 Å². The Morgan fingerprint density at radius 3 is 2.64 bits per heavy atom. The minimum atomic E-state index is 0.164. The molecule has 4 heterocycles. The van der Waals surface area contributed by atoms with Crippen molar-refractivity contribution in [1.29, 1.82) is 0 Å². The maximum absolute atomic E-state index is 10.4. The van der Waals surface area contributed by atoms with Crippen molar-refractivity contribution in [2.24, 2.45) is 10.2 Å². The number of anilines is 1.